The highest BCUT2D eigenvalue weighted by atomic mass is 31.9. The molecule has 2 N–H and O–H groups in total. The first kappa shape index (κ1) is 8.99. The van der Waals surface area contributed by atoms with Crippen molar-refractivity contribution in [3.63, 3.8) is 0 Å². The van der Waals surface area contributed by atoms with Crippen molar-refractivity contribution in [3.05, 3.63) is 5.03 Å². The Morgan fingerprint density at radius 3 is 2.00 bits per heavy atom. The molecule has 0 saturated carbocycles. The van der Waals surface area contributed by atoms with Gasteiger partial charge in [-0.2, -0.15) is 0 Å². The van der Waals surface area contributed by atoms with Crippen molar-refractivity contribution in [3.8, 4) is 0 Å². The van der Waals surface area contributed by atoms with E-state index in [4.69, 9.17) is 5.73 Å². The number of rotatable bonds is 1. The zero-order chi connectivity index (χ0) is 7.56. The minimum absolute atomic E-state index is 0.733. The Morgan fingerprint density at radius 2 is 1.60 bits per heavy atom. The van der Waals surface area contributed by atoms with Gasteiger partial charge in [-0.3, -0.25) is 5.73 Å². The summed E-state index contributed by atoms with van der Waals surface area (Å²) in [4.78, 5) is 0. The van der Waals surface area contributed by atoms with Gasteiger partial charge in [0.15, 0.2) is 0 Å². The largest absolute Gasteiger partial charge is 0.294 e. The maximum atomic E-state index is 5.66. The van der Waals surface area contributed by atoms with Crippen LogP contribution in [-0.4, -0.2) is 0 Å². The fourth-order valence-corrected chi connectivity index (χ4v) is 8.77. The lowest BCUT2D eigenvalue weighted by Crippen LogP contribution is -1.75. The van der Waals surface area contributed by atoms with Crippen molar-refractivity contribution in [2.45, 2.75) is 19.8 Å². The van der Waals surface area contributed by atoms with Crippen molar-refractivity contribution in [1.82, 2.24) is 0 Å². The van der Waals surface area contributed by atoms with E-state index in [1.807, 2.05) is 0 Å². The topological polar surface area (TPSA) is 26.0 Å². The lowest BCUT2D eigenvalue weighted by Gasteiger charge is -2.00. The molecule has 1 aromatic rings. The molecule has 0 amide bonds. The Kier molecular flexibility index (Phi) is 3.65. The van der Waals surface area contributed by atoms with Crippen LogP contribution in [0.1, 0.15) is 24.8 Å². The molecule has 0 aromatic carbocycles. The Hall–Kier alpha value is 0.900. The molecule has 0 aliphatic heterocycles. The first-order valence-corrected chi connectivity index (χ1v) is 8.02. The van der Waals surface area contributed by atoms with E-state index in [2.05, 4.69) is 13.8 Å². The molecule has 0 atom stereocenters. The molecule has 54 valence electrons. The summed E-state index contributed by atoms with van der Waals surface area (Å²) in [5.41, 5.74) is 5.66. The molecule has 0 bridgehead atoms. The number of hydrogen-bond donors (Lipinski definition) is 1. The normalized spacial score (nSPS) is 13.6. The van der Waals surface area contributed by atoms with Gasteiger partial charge in [0.2, 0.25) is 0 Å². The standard InChI is InChI=1S/C5H9NP4/c1-3(2)4-7-9-5(6)10-8-4/h3H,6H2,1-2H3. The van der Waals surface area contributed by atoms with Crippen LogP contribution < -0.4 is 5.73 Å². The summed E-state index contributed by atoms with van der Waals surface area (Å²) in [7, 11) is 5.47. The van der Waals surface area contributed by atoms with Gasteiger partial charge in [0.1, 0.15) is 0 Å². The van der Waals surface area contributed by atoms with Crippen LogP contribution in [-0.2, 0) is 0 Å². The molecular weight excluding hydrogens is 198 g/mol. The van der Waals surface area contributed by atoms with Crippen LogP contribution >= 0.6 is 31.5 Å². The van der Waals surface area contributed by atoms with Crippen LogP contribution in [0, 0.1) is 0 Å². The van der Waals surface area contributed by atoms with E-state index in [-0.39, 0.29) is 0 Å². The second-order valence-corrected chi connectivity index (χ2v) is 8.10. The van der Waals surface area contributed by atoms with Gasteiger partial charge >= 0.3 is 0 Å². The molecule has 0 aliphatic rings. The Morgan fingerprint density at radius 1 is 1.10 bits per heavy atom. The molecule has 0 unspecified atom stereocenters. The maximum Gasteiger partial charge on any atom is 0.0763 e. The number of nitrogen functional groups attached to an aromatic ring is 1. The van der Waals surface area contributed by atoms with Crippen molar-refractivity contribution >= 4 is 36.6 Å². The molecule has 0 aliphatic carbocycles. The molecule has 0 radical (unpaired) electrons. The zero-order valence-corrected chi connectivity index (χ0v) is 9.52. The Balaban J connectivity index is 2.89. The average Bonchev–Trinajstić information content (AvgIpc) is 1.88. The number of hydrogen-bond acceptors (Lipinski definition) is 1. The zero-order valence-electron chi connectivity index (χ0n) is 5.94. The van der Waals surface area contributed by atoms with Gasteiger partial charge in [0.25, 0.3) is 0 Å². The van der Waals surface area contributed by atoms with Gasteiger partial charge in [-0.05, 0) is 37.4 Å². The summed E-state index contributed by atoms with van der Waals surface area (Å²) in [5.74, 6) is 0.733. The van der Waals surface area contributed by atoms with Gasteiger partial charge in [-0.1, -0.05) is 13.8 Å². The van der Waals surface area contributed by atoms with Crippen molar-refractivity contribution < 1.29 is 0 Å². The fraction of sp³-hybridized carbons (Fsp3) is 0.600. The summed E-state index contributed by atoms with van der Waals surface area (Å²) in [5, 5.41) is 2.74. The average molecular weight is 207 g/mol. The molecule has 0 fully saturated rings. The summed E-state index contributed by atoms with van der Waals surface area (Å²) in [6, 6.07) is 0. The maximum absolute atomic E-state index is 5.66. The lowest BCUT2D eigenvalue weighted by atomic mass is 10.3. The minimum atomic E-state index is 0.733. The molecular formula is C5H9NP4. The highest BCUT2D eigenvalue weighted by molar-refractivity contribution is 8.07. The predicted molar refractivity (Wildman–Crippen MR) is 55.0 cm³/mol. The summed E-state index contributed by atoms with van der Waals surface area (Å²) in [6.07, 6.45) is 0. The Bertz CT molecular complexity index is 207. The SMILES string of the molecule is CC(C)c1ppc(N)pp1. The van der Waals surface area contributed by atoms with Crippen molar-refractivity contribution in [2.75, 3.05) is 5.73 Å². The molecule has 10 heavy (non-hydrogen) atoms. The highest BCUT2D eigenvalue weighted by Gasteiger charge is 1.98. The highest BCUT2D eigenvalue weighted by Crippen LogP contribution is 2.47. The Labute approximate surface area is 67.6 Å². The molecule has 5 heteroatoms. The third kappa shape index (κ3) is 2.50. The molecule has 1 aromatic heterocycles. The first-order valence-electron chi connectivity index (χ1n) is 3.03. The van der Waals surface area contributed by atoms with Crippen molar-refractivity contribution in [1.29, 1.82) is 0 Å². The lowest BCUT2D eigenvalue weighted by molar-refractivity contribution is 0.908. The van der Waals surface area contributed by atoms with Crippen LogP contribution in [0.15, 0.2) is 0 Å². The van der Waals surface area contributed by atoms with Gasteiger partial charge in [-0.15, -0.1) is 0 Å². The molecule has 1 rings (SSSR count). The van der Waals surface area contributed by atoms with E-state index in [0.717, 1.165) is 11.1 Å². The monoisotopic (exact) mass is 207 g/mol. The molecule has 0 spiro atoms. The van der Waals surface area contributed by atoms with Crippen LogP contribution in [0.25, 0.3) is 0 Å². The minimum Gasteiger partial charge on any atom is -0.294 e. The van der Waals surface area contributed by atoms with E-state index >= 15 is 0 Å². The van der Waals surface area contributed by atoms with E-state index in [0.29, 0.717) is 0 Å². The van der Waals surface area contributed by atoms with Gasteiger partial charge < -0.3 is 0 Å². The smallest absolute Gasteiger partial charge is 0.0763 e. The second kappa shape index (κ2) is 4.06. The van der Waals surface area contributed by atoms with E-state index < -0.39 is 0 Å². The second-order valence-electron chi connectivity index (χ2n) is 2.27. The quantitative estimate of drug-likeness (QED) is 0.708. The van der Waals surface area contributed by atoms with Gasteiger partial charge in [0, 0.05) is 5.03 Å². The number of anilines is 1. The first-order chi connectivity index (χ1) is 4.70. The summed E-state index contributed by atoms with van der Waals surface area (Å²) < 4.78 is 0. The molecule has 1 heterocycles. The fourth-order valence-electron chi connectivity index (χ4n) is 0.476. The van der Waals surface area contributed by atoms with Crippen LogP contribution in [0.5, 0.6) is 0 Å². The van der Waals surface area contributed by atoms with Crippen LogP contribution in [0.4, 0.5) is 5.15 Å². The van der Waals surface area contributed by atoms with E-state index in [9.17, 15) is 0 Å². The van der Waals surface area contributed by atoms with E-state index in [1.165, 1.54) is 31.5 Å². The van der Waals surface area contributed by atoms with Crippen LogP contribution in [0.2, 0.25) is 0 Å². The van der Waals surface area contributed by atoms with Crippen molar-refractivity contribution in [2.24, 2.45) is 0 Å². The summed E-state index contributed by atoms with van der Waals surface area (Å²) in [6.45, 7) is 4.50. The molecule has 0 saturated heterocycles. The third-order valence-corrected chi connectivity index (χ3v) is 9.36. The molecule has 1 nitrogen and oxygen atoms in total. The predicted octanol–water partition coefficient (Wildman–Crippen LogP) is 4.71. The summed E-state index contributed by atoms with van der Waals surface area (Å²) >= 11 is 0. The third-order valence-electron chi connectivity index (χ3n) is 1.03. The number of nitrogens with two attached hydrogens (primary N) is 1. The van der Waals surface area contributed by atoms with E-state index in [1.54, 1.807) is 5.03 Å². The van der Waals surface area contributed by atoms with Gasteiger partial charge in [-0.25, -0.2) is 0 Å². The van der Waals surface area contributed by atoms with Gasteiger partial charge in [0.05, 0.1) is 5.15 Å². The van der Waals surface area contributed by atoms with Crippen LogP contribution in [0.3, 0.4) is 0 Å².